The summed E-state index contributed by atoms with van der Waals surface area (Å²) in [6.45, 7) is 5.72. The van der Waals surface area contributed by atoms with Crippen LogP contribution in [0.5, 0.6) is 11.5 Å². The highest BCUT2D eigenvalue weighted by atomic mass is 16.5. The Morgan fingerprint density at radius 2 is 2.05 bits per heavy atom. The Morgan fingerprint density at radius 1 is 1.30 bits per heavy atom. The van der Waals surface area contributed by atoms with Gasteiger partial charge in [-0.25, -0.2) is 0 Å². The molecule has 2 N–H and O–H groups in total. The molecule has 1 aromatic carbocycles. The topological polar surface area (TPSA) is 54.9 Å². The van der Waals surface area contributed by atoms with Gasteiger partial charge in [0.1, 0.15) is 17.6 Å². The lowest BCUT2D eigenvalue weighted by molar-refractivity contribution is 0.223. The molecule has 1 atom stereocenters. The summed E-state index contributed by atoms with van der Waals surface area (Å²) in [5.74, 6) is 2.39. The standard InChI is InChI=1S/C15H25N3O2/c1-5-9-17-15(16-3)18-11-12(2)20-14-8-6-7-13(10-14)19-4/h6-8,10,12H,5,9,11H2,1-4H3,(H2,16,17,18). The van der Waals surface area contributed by atoms with E-state index >= 15 is 0 Å². The van der Waals surface area contributed by atoms with Crippen molar-refractivity contribution in [1.82, 2.24) is 10.6 Å². The second-order valence-electron chi connectivity index (χ2n) is 4.49. The van der Waals surface area contributed by atoms with Gasteiger partial charge in [0, 0.05) is 19.7 Å². The van der Waals surface area contributed by atoms with Gasteiger partial charge in [0.25, 0.3) is 0 Å². The van der Waals surface area contributed by atoms with E-state index in [9.17, 15) is 0 Å². The first kappa shape index (κ1) is 16.1. The van der Waals surface area contributed by atoms with Crippen LogP contribution in [0.25, 0.3) is 0 Å². The lowest BCUT2D eigenvalue weighted by Crippen LogP contribution is -2.42. The van der Waals surface area contributed by atoms with Gasteiger partial charge < -0.3 is 20.1 Å². The number of nitrogens with one attached hydrogen (secondary N) is 2. The van der Waals surface area contributed by atoms with Crippen molar-refractivity contribution in [3.63, 3.8) is 0 Å². The molecule has 0 bridgehead atoms. The number of methoxy groups -OCH3 is 1. The molecule has 0 saturated heterocycles. The number of aliphatic imine (C=N–C) groups is 1. The smallest absolute Gasteiger partial charge is 0.191 e. The molecule has 0 fully saturated rings. The van der Waals surface area contributed by atoms with E-state index in [1.54, 1.807) is 14.2 Å². The fraction of sp³-hybridized carbons (Fsp3) is 0.533. The van der Waals surface area contributed by atoms with Crippen LogP contribution < -0.4 is 20.1 Å². The van der Waals surface area contributed by atoms with Crippen LogP contribution in [-0.4, -0.2) is 39.3 Å². The number of hydrogen-bond donors (Lipinski definition) is 2. The number of nitrogens with zero attached hydrogens (tertiary/aromatic N) is 1. The maximum atomic E-state index is 5.83. The summed E-state index contributed by atoms with van der Waals surface area (Å²) in [7, 11) is 3.41. The molecular formula is C15H25N3O2. The van der Waals surface area contributed by atoms with Gasteiger partial charge in [-0.2, -0.15) is 0 Å². The molecule has 0 aliphatic carbocycles. The van der Waals surface area contributed by atoms with Gasteiger partial charge in [-0.05, 0) is 25.5 Å². The maximum Gasteiger partial charge on any atom is 0.191 e. The average Bonchev–Trinajstić information content (AvgIpc) is 2.47. The van der Waals surface area contributed by atoms with E-state index in [1.165, 1.54) is 0 Å². The number of benzene rings is 1. The molecule has 1 unspecified atom stereocenters. The van der Waals surface area contributed by atoms with Crippen molar-refractivity contribution in [2.75, 3.05) is 27.2 Å². The van der Waals surface area contributed by atoms with E-state index in [-0.39, 0.29) is 6.10 Å². The number of hydrogen-bond acceptors (Lipinski definition) is 3. The van der Waals surface area contributed by atoms with Gasteiger partial charge in [0.05, 0.1) is 13.7 Å². The van der Waals surface area contributed by atoms with Crippen molar-refractivity contribution in [3.8, 4) is 11.5 Å². The lowest BCUT2D eigenvalue weighted by Gasteiger charge is -2.18. The number of rotatable bonds is 7. The molecule has 0 radical (unpaired) electrons. The highest BCUT2D eigenvalue weighted by molar-refractivity contribution is 5.79. The quantitative estimate of drug-likeness (QED) is 0.592. The van der Waals surface area contributed by atoms with Crippen LogP contribution in [0.1, 0.15) is 20.3 Å². The van der Waals surface area contributed by atoms with Crippen molar-refractivity contribution < 1.29 is 9.47 Å². The van der Waals surface area contributed by atoms with Crippen LogP contribution in [0, 0.1) is 0 Å². The molecule has 20 heavy (non-hydrogen) atoms. The van der Waals surface area contributed by atoms with E-state index in [1.807, 2.05) is 31.2 Å². The highest BCUT2D eigenvalue weighted by Crippen LogP contribution is 2.19. The van der Waals surface area contributed by atoms with E-state index in [0.29, 0.717) is 6.54 Å². The van der Waals surface area contributed by atoms with Crippen LogP contribution >= 0.6 is 0 Å². The largest absolute Gasteiger partial charge is 0.497 e. The van der Waals surface area contributed by atoms with Gasteiger partial charge >= 0.3 is 0 Å². The Labute approximate surface area is 121 Å². The Balaban J connectivity index is 2.40. The minimum atomic E-state index is 0.0299. The molecule has 0 saturated carbocycles. The normalized spacial score (nSPS) is 12.7. The van der Waals surface area contributed by atoms with Gasteiger partial charge in [-0.3, -0.25) is 4.99 Å². The fourth-order valence-electron chi connectivity index (χ4n) is 1.65. The van der Waals surface area contributed by atoms with Crippen LogP contribution in [0.3, 0.4) is 0 Å². The predicted octanol–water partition coefficient (Wildman–Crippen LogP) is 2.04. The molecule has 0 amide bonds. The predicted molar refractivity (Wildman–Crippen MR) is 82.7 cm³/mol. The van der Waals surface area contributed by atoms with Crippen molar-refractivity contribution in [1.29, 1.82) is 0 Å². The van der Waals surface area contributed by atoms with E-state index < -0.39 is 0 Å². The van der Waals surface area contributed by atoms with Crippen molar-refractivity contribution in [2.24, 2.45) is 4.99 Å². The molecule has 5 nitrogen and oxygen atoms in total. The third-order valence-electron chi connectivity index (χ3n) is 2.70. The molecule has 0 spiro atoms. The summed E-state index contributed by atoms with van der Waals surface area (Å²) in [6.07, 6.45) is 1.10. The van der Waals surface area contributed by atoms with Gasteiger partial charge in [-0.15, -0.1) is 0 Å². The molecule has 0 heterocycles. The van der Waals surface area contributed by atoms with Crippen molar-refractivity contribution >= 4 is 5.96 Å². The summed E-state index contributed by atoms with van der Waals surface area (Å²) in [5.41, 5.74) is 0. The lowest BCUT2D eigenvalue weighted by atomic mass is 10.3. The summed E-state index contributed by atoms with van der Waals surface area (Å²) in [6, 6.07) is 7.60. The van der Waals surface area contributed by atoms with Crippen LogP contribution in [0.15, 0.2) is 29.3 Å². The molecular weight excluding hydrogens is 254 g/mol. The minimum Gasteiger partial charge on any atom is -0.497 e. The van der Waals surface area contributed by atoms with Crippen LogP contribution in [0.4, 0.5) is 0 Å². The van der Waals surface area contributed by atoms with Crippen LogP contribution in [-0.2, 0) is 0 Å². The molecule has 0 aliphatic heterocycles. The maximum absolute atomic E-state index is 5.83. The third kappa shape index (κ3) is 5.82. The summed E-state index contributed by atoms with van der Waals surface area (Å²) in [5, 5.41) is 6.46. The zero-order valence-electron chi connectivity index (χ0n) is 12.8. The van der Waals surface area contributed by atoms with Gasteiger partial charge in [0.2, 0.25) is 0 Å². The number of guanidine groups is 1. The SMILES string of the molecule is CCCNC(=NC)NCC(C)Oc1cccc(OC)c1. The first-order chi connectivity index (χ1) is 9.69. The van der Waals surface area contributed by atoms with E-state index in [0.717, 1.165) is 30.4 Å². The molecule has 1 aromatic rings. The number of ether oxygens (including phenoxy) is 2. The Kier molecular flexibility index (Phi) is 7.32. The second kappa shape index (κ2) is 9.07. The first-order valence-electron chi connectivity index (χ1n) is 6.94. The third-order valence-corrected chi connectivity index (χ3v) is 2.70. The molecule has 112 valence electrons. The summed E-state index contributed by atoms with van der Waals surface area (Å²) in [4.78, 5) is 4.15. The molecule has 1 rings (SSSR count). The zero-order valence-corrected chi connectivity index (χ0v) is 12.8. The first-order valence-corrected chi connectivity index (χ1v) is 6.94. The average molecular weight is 279 g/mol. The van der Waals surface area contributed by atoms with Crippen molar-refractivity contribution in [2.45, 2.75) is 26.4 Å². The molecule has 0 aliphatic rings. The Morgan fingerprint density at radius 3 is 2.70 bits per heavy atom. The van der Waals surface area contributed by atoms with E-state index in [2.05, 4.69) is 22.5 Å². The summed E-state index contributed by atoms with van der Waals surface area (Å²) < 4.78 is 11.0. The molecule has 0 aromatic heterocycles. The zero-order chi connectivity index (χ0) is 14.8. The summed E-state index contributed by atoms with van der Waals surface area (Å²) >= 11 is 0. The molecule has 5 heteroatoms. The van der Waals surface area contributed by atoms with Gasteiger partial charge in [0.15, 0.2) is 5.96 Å². The minimum absolute atomic E-state index is 0.0299. The second-order valence-corrected chi connectivity index (χ2v) is 4.49. The monoisotopic (exact) mass is 279 g/mol. The Hall–Kier alpha value is -1.91. The van der Waals surface area contributed by atoms with Crippen LogP contribution in [0.2, 0.25) is 0 Å². The van der Waals surface area contributed by atoms with E-state index in [4.69, 9.17) is 9.47 Å². The van der Waals surface area contributed by atoms with Crippen molar-refractivity contribution in [3.05, 3.63) is 24.3 Å². The van der Waals surface area contributed by atoms with Gasteiger partial charge in [-0.1, -0.05) is 13.0 Å². The fourth-order valence-corrected chi connectivity index (χ4v) is 1.65. The Bertz CT molecular complexity index is 421. The highest BCUT2D eigenvalue weighted by Gasteiger charge is 2.06.